The van der Waals surface area contributed by atoms with Crippen molar-refractivity contribution in [2.75, 3.05) is 7.11 Å². The lowest BCUT2D eigenvalue weighted by molar-refractivity contribution is -0.140. The minimum atomic E-state index is -0.953. The first-order valence-corrected chi connectivity index (χ1v) is 11.0. The summed E-state index contributed by atoms with van der Waals surface area (Å²) in [5.41, 5.74) is 0.321. The van der Waals surface area contributed by atoms with Crippen LogP contribution in [0.3, 0.4) is 0 Å². The summed E-state index contributed by atoms with van der Waals surface area (Å²) >= 11 is 0. The molecular weight excluding hydrogens is 380 g/mol. The Morgan fingerprint density at radius 2 is 2.07 bits per heavy atom. The van der Waals surface area contributed by atoms with Gasteiger partial charge in [0.2, 0.25) is 0 Å². The summed E-state index contributed by atoms with van der Waals surface area (Å²) in [7, 11) is 1.37. The monoisotopic (exact) mass is 416 g/mol. The van der Waals surface area contributed by atoms with Crippen LogP contribution in [-0.2, 0) is 14.3 Å². The highest BCUT2D eigenvalue weighted by atomic mass is 16.5. The molecule has 0 aromatic rings. The van der Waals surface area contributed by atoms with Crippen LogP contribution in [-0.4, -0.2) is 40.8 Å². The lowest BCUT2D eigenvalue weighted by Gasteiger charge is -2.19. The van der Waals surface area contributed by atoms with Crippen LogP contribution in [0.25, 0.3) is 0 Å². The van der Waals surface area contributed by atoms with Crippen molar-refractivity contribution in [2.24, 2.45) is 11.8 Å². The number of hydrogen-bond donors (Lipinski definition) is 2. The van der Waals surface area contributed by atoms with E-state index in [0.717, 1.165) is 19.3 Å². The molecule has 0 radical (unpaired) electrons. The Morgan fingerprint density at radius 1 is 1.30 bits per heavy atom. The minimum absolute atomic E-state index is 0.0972. The van der Waals surface area contributed by atoms with E-state index in [0.29, 0.717) is 25.7 Å². The van der Waals surface area contributed by atoms with Crippen LogP contribution in [0, 0.1) is 11.8 Å². The number of ether oxygens (including phenoxy) is 1. The fourth-order valence-corrected chi connectivity index (χ4v) is 4.07. The van der Waals surface area contributed by atoms with Gasteiger partial charge in [0.15, 0.2) is 0 Å². The number of aliphatic hydroxyl groups is 2. The lowest BCUT2D eigenvalue weighted by Crippen LogP contribution is -2.21. The topological polar surface area (TPSA) is 83.8 Å². The Hall–Kier alpha value is -1.98. The average Bonchev–Trinajstić information content (AvgIpc) is 3.31. The van der Waals surface area contributed by atoms with Crippen LogP contribution in [0.1, 0.15) is 64.7 Å². The van der Waals surface area contributed by atoms with Gasteiger partial charge in [-0.2, -0.15) is 0 Å². The molecule has 0 spiro atoms. The largest absolute Gasteiger partial charge is 0.469 e. The Balaban J connectivity index is 1.83. The number of ketones is 1. The maximum Gasteiger partial charge on any atom is 0.305 e. The van der Waals surface area contributed by atoms with Crippen molar-refractivity contribution >= 4 is 11.8 Å². The number of carbonyl (C=O) groups is 2. The molecule has 1 fully saturated rings. The zero-order valence-electron chi connectivity index (χ0n) is 18.3. The van der Waals surface area contributed by atoms with Crippen LogP contribution < -0.4 is 0 Å². The third kappa shape index (κ3) is 8.04. The second kappa shape index (κ2) is 12.0. The molecule has 0 aromatic carbocycles. The average molecular weight is 417 g/mol. The van der Waals surface area contributed by atoms with Gasteiger partial charge in [0.25, 0.3) is 0 Å². The van der Waals surface area contributed by atoms with Crippen LogP contribution in [0.4, 0.5) is 0 Å². The van der Waals surface area contributed by atoms with Gasteiger partial charge in [0, 0.05) is 24.7 Å². The van der Waals surface area contributed by atoms with Gasteiger partial charge in [-0.05, 0) is 51.9 Å². The number of rotatable bonds is 11. The molecule has 5 nitrogen and oxygen atoms in total. The third-order valence-electron chi connectivity index (χ3n) is 5.91. The van der Waals surface area contributed by atoms with Crippen molar-refractivity contribution in [2.45, 2.75) is 76.4 Å². The van der Waals surface area contributed by atoms with Crippen LogP contribution in [0.2, 0.25) is 0 Å². The molecule has 2 N–H and O–H groups in total. The molecule has 0 aliphatic heterocycles. The SMILES string of the molecule is COC(=O)CC/C=C\CC[C@H]1C(=O)C[C@@H](O)[C@@H]1/C=C/CC(C)(O)/C=C/C1=CCCC1. The predicted octanol–water partition coefficient (Wildman–Crippen LogP) is 4.21. The number of carbonyl (C=O) groups excluding carboxylic acids is 2. The van der Waals surface area contributed by atoms with Crippen LogP contribution in [0.5, 0.6) is 0 Å². The van der Waals surface area contributed by atoms with Crippen molar-refractivity contribution < 1.29 is 24.5 Å². The smallest absolute Gasteiger partial charge is 0.305 e. The van der Waals surface area contributed by atoms with Gasteiger partial charge >= 0.3 is 5.97 Å². The molecule has 0 saturated heterocycles. The number of esters is 1. The summed E-state index contributed by atoms with van der Waals surface area (Å²) in [6, 6.07) is 0. The molecule has 166 valence electrons. The highest BCUT2D eigenvalue weighted by Gasteiger charge is 2.39. The summed E-state index contributed by atoms with van der Waals surface area (Å²) in [5, 5.41) is 20.9. The second-order valence-electron chi connectivity index (χ2n) is 8.58. The van der Waals surface area contributed by atoms with Crippen LogP contribution in [0.15, 0.2) is 48.1 Å². The molecule has 2 rings (SSSR count). The summed E-state index contributed by atoms with van der Waals surface area (Å²) < 4.78 is 4.60. The van der Waals surface area contributed by atoms with E-state index in [1.807, 2.05) is 36.5 Å². The molecule has 5 heteroatoms. The summed E-state index contributed by atoms with van der Waals surface area (Å²) in [5.74, 6) is -0.548. The number of hydrogen-bond acceptors (Lipinski definition) is 5. The van der Waals surface area contributed by atoms with Gasteiger partial charge in [-0.15, -0.1) is 0 Å². The van der Waals surface area contributed by atoms with Crippen molar-refractivity contribution in [3.8, 4) is 0 Å². The maximum absolute atomic E-state index is 12.3. The molecule has 1 saturated carbocycles. The predicted molar refractivity (Wildman–Crippen MR) is 118 cm³/mol. The van der Waals surface area contributed by atoms with Gasteiger partial charge in [-0.3, -0.25) is 9.59 Å². The molecule has 2 aliphatic rings. The van der Waals surface area contributed by atoms with Crippen LogP contribution >= 0.6 is 0 Å². The first-order chi connectivity index (χ1) is 14.3. The highest BCUT2D eigenvalue weighted by Crippen LogP contribution is 2.34. The van der Waals surface area contributed by atoms with Gasteiger partial charge in [-0.25, -0.2) is 0 Å². The first kappa shape index (κ1) is 24.3. The van der Waals surface area contributed by atoms with Crippen molar-refractivity contribution in [1.29, 1.82) is 0 Å². The Morgan fingerprint density at radius 3 is 2.77 bits per heavy atom. The van der Waals surface area contributed by atoms with Gasteiger partial charge in [-0.1, -0.05) is 48.1 Å². The van der Waals surface area contributed by atoms with Crippen molar-refractivity contribution in [3.63, 3.8) is 0 Å². The van der Waals surface area contributed by atoms with E-state index in [9.17, 15) is 19.8 Å². The molecule has 4 atom stereocenters. The van der Waals surface area contributed by atoms with E-state index in [2.05, 4.69) is 10.8 Å². The number of methoxy groups -OCH3 is 1. The summed E-state index contributed by atoms with van der Waals surface area (Å²) in [6.07, 6.45) is 19.4. The van der Waals surface area contributed by atoms with Crippen molar-refractivity contribution in [1.82, 2.24) is 0 Å². The summed E-state index contributed by atoms with van der Waals surface area (Å²) in [6.45, 7) is 1.77. The molecule has 30 heavy (non-hydrogen) atoms. The minimum Gasteiger partial charge on any atom is -0.469 e. The van der Waals surface area contributed by atoms with E-state index in [1.54, 1.807) is 6.92 Å². The Labute approximate surface area is 180 Å². The molecular formula is C25H36O5. The van der Waals surface area contributed by atoms with E-state index in [4.69, 9.17) is 0 Å². The van der Waals surface area contributed by atoms with E-state index < -0.39 is 11.7 Å². The van der Waals surface area contributed by atoms with E-state index in [-0.39, 0.29) is 30.0 Å². The van der Waals surface area contributed by atoms with Crippen molar-refractivity contribution in [3.05, 3.63) is 48.1 Å². The Bertz CT molecular complexity index is 698. The van der Waals surface area contributed by atoms with Gasteiger partial charge in [0.05, 0.1) is 18.8 Å². The standard InChI is InChI=1S/C25H36O5/c1-25(29,17-15-19-10-7-8-11-19)16-9-13-21-20(22(26)18-23(21)27)12-5-3-4-6-14-24(28)30-2/h3-4,9-10,13,15,17,20-21,23,27,29H,5-8,11-12,14,16,18H2,1-2H3/b4-3-,13-9+,17-15+/t20-,21-,23-,25?/m1/s1. The highest BCUT2D eigenvalue weighted by molar-refractivity contribution is 5.84. The van der Waals surface area contributed by atoms with Gasteiger partial charge < -0.3 is 14.9 Å². The fraction of sp³-hybridized carbons (Fsp3) is 0.600. The molecule has 2 aliphatic carbocycles. The molecule has 0 bridgehead atoms. The number of Topliss-reactive ketones (excluding diaryl/α,β-unsaturated/α-hetero) is 1. The quantitative estimate of drug-likeness (QED) is 0.389. The second-order valence-corrected chi connectivity index (χ2v) is 8.58. The molecule has 0 aromatic heterocycles. The zero-order chi connectivity index (χ0) is 22.0. The summed E-state index contributed by atoms with van der Waals surface area (Å²) in [4.78, 5) is 23.4. The van der Waals surface area contributed by atoms with E-state index in [1.165, 1.54) is 19.1 Å². The molecule has 0 amide bonds. The first-order valence-electron chi connectivity index (χ1n) is 11.0. The van der Waals surface area contributed by atoms with E-state index >= 15 is 0 Å². The zero-order valence-corrected chi connectivity index (χ0v) is 18.3. The third-order valence-corrected chi connectivity index (χ3v) is 5.91. The maximum atomic E-state index is 12.3. The molecule has 1 unspecified atom stereocenters. The van der Waals surface area contributed by atoms with Gasteiger partial charge in [0.1, 0.15) is 5.78 Å². The lowest BCUT2D eigenvalue weighted by atomic mass is 9.88. The Kier molecular flexibility index (Phi) is 9.73. The number of allylic oxidation sites excluding steroid dienone is 5. The number of aliphatic hydroxyl groups excluding tert-OH is 1. The normalized spacial score (nSPS) is 26.7. The molecule has 0 heterocycles. The fourth-order valence-electron chi connectivity index (χ4n) is 4.07.